The summed E-state index contributed by atoms with van der Waals surface area (Å²) in [6, 6.07) is 8.91. The summed E-state index contributed by atoms with van der Waals surface area (Å²) >= 11 is 0. The van der Waals surface area contributed by atoms with Crippen LogP contribution < -0.4 is 10.0 Å². The Morgan fingerprint density at radius 3 is 2.90 bits per heavy atom. The first-order valence-corrected chi connectivity index (χ1v) is 7.00. The van der Waals surface area contributed by atoms with Gasteiger partial charge in [-0.2, -0.15) is 0 Å². The van der Waals surface area contributed by atoms with Crippen molar-refractivity contribution in [1.82, 2.24) is 4.98 Å². The number of aromatic nitrogens is 1. The Bertz CT molecular complexity index is 674. The molecule has 21 heavy (non-hydrogen) atoms. The highest BCUT2D eigenvalue weighted by atomic mass is 19.1. The fraction of sp³-hybridized carbons (Fsp3) is 0.250. The molecule has 2 aromatic rings. The second kappa shape index (κ2) is 5.52. The summed E-state index contributed by atoms with van der Waals surface area (Å²) in [4.78, 5) is 16.4. The van der Waals surface area contributed by atoms with Gasteiger partial charge in [0.05, 0.1) is 18.3 Å². The Labute approximate surface area is 122 Å². The number of anilines is 2. The van der Waals surface area contributed by atoms with Crippen LogP contribution in [-0.2, 0) is 11.2 Å². The van der Waals surface area contributed by atoms with E-state index in [0.29, 0.717) is 18.7 Å². The molecule has 4 nitrogen and oxygen atoms in total. The molecule has 1 amide bonds. The fourth-order valence-corrected chi connectivity index (χ4v) is 2.60. The Morgan fingerprint density at radius 1 is 1.33 bits per heavy atom. The quantitative estimate of drug-likeness (QED) is 0.866. The van der Waals surface area contributed by atoms with Crippen LogP contribution in [0.15, 0.2) is 42.7 Å². The molecular formula is C16H16FN3O. The molecule has 5 heteroatoms. The van der Waals surface area contributed by atoms with Gasteiger partial charge in [0.15, 0.2) is 5.82 Å². The van der Waals surface area contributed by atoms with E-state index in [4.69, 9.17) is 0 Å². The maximum atomic E-state index is 14.1. The third kappa shape index (κ3) is 2.35. The summed E-state index contributed by atoms with van der Waals surface area (Å²) in [5.41, 5.74) is 2.11. The molecular weight excluding hydrogens is 269 g/mol. The molecule has 3 rings (SSSR count). The third-order valence-corrected chi connectivity index (χ3v) is 3.50. The number of carbonyl (C=O) groups excluding carboxylic acids is 1. The number of amides is 1. The van der Waals surface area contributed by atoms with E-state index >= 15 is 0 Å². The SMILES string of the molecule is CCCN(c1cnccc1F)N1C(=O)Cc2ccccc21. The lowest BCUT2D eigenvalue weighted by atomic mass is 10.2. The Hall–Kier alpha value is -2.43. The molecule has 108 valence electrons. The van der Waals surface area contributed by atoms with Gasteiger partial charge in [-0.3, -0.25) is 14.8 Å². The summed E-state index contributed by atoms with van der Waals surface area (Å²) in [5.74, 6) is -0.427. The van der Waals surface area contributed by atoms with Gasteiger partial charge < -0.3 is 0 Å². The second-order valence-electron chi connectivity index (χ2n) is 4.96. The van der Waals surface area contributed by atoms with Crippen molar-refractivity contribution in [3.63, 3.8) is 0 Å². The smallest absolute Gasteiger partial charge is 0.250 e. The highest BCUT2D eigenvalue weighted by molar-refractivity contribution is 6.03. The van der Waals surface area contributed by atoms with Gasteiger partial charge in [-0.05, 0) is 24.1 Å². The number of halogens is 1. The number of pyridine rings is 1. The maximum Gasteiger partial charge on any atom is 0.250 e. The normalized spacial score (nSPS) is 13.4. The molecule has 1 aromatic heterocycles. The van der Waals surface area contributed by atoms with Gasteiger partial charge in [-0.25, -0.2) is 9.40 Å². The number of para-hydroxylation sites is 1. The monoisotopic (exact) mass is 285 g/mol. The molecule has 0 saturated heterocycles. The Balaban J connectivity index is 2.06. The van der Waals surface area contributed by atoms with Gasteiger partial charge in [0.1, 0.15) is 5.69 Å². The van der Waals surface area contributed by atoms with Crippen molar-refractivity contribution in [3.05, 3.63) is 54.1 Å². The van der Waals surface area contributed by atoms with E-state index < -0.39 is 0 Å². The van der Waals surface area contributed by atoms with Crippen molar-refractivity contribution in [2.75, 3.05) is 16.6 Å². The predicted molar refractivity (Wildman–Crippen MR) is 79.5 cm³/mol. The van der Waals surface area contributed by atoms with Gasteiger partial charge in [0.25, 0.3) is 0 Å². The minimum absolute atomic E-state index is 0.0482. The number of carbonyl (C=O) groups is 1. The van der Waals surface area contributed by atoms with Crippen LogP contribution in [0.1, 0.15) is 18.9 Å². The van der Waals surface area contributed by atoms with Crippen LogP contribution in [-0.4, -0.2) is 17.4 Å². The van der Waals surface area contributed by atoms with E-state index in [9.17, 15) is 9.18 Å². The first-order valence-electron chi connectivity index (χ1n) is 7.00. The van der Waals surface area contributed by atoms with Crippen LogP contribution >= 0.6 is 0 Å². The number of nitrogens with zero attached hydrogens (tertiary/aromatic N) is 3. The molecule has 1 aliphatic heterocycles. The number of fused-ring (bicyclic) bond motifs is 1. The van der Waals surface area contributed by atoms with Crippen LogP contribution in [0.2, 0.25) is 0 Å². The molecule has 0 saturated carbocycles. The highest BCUT2D eigenvalue weighted by Crippen LogP contribution is 2.33. The van der Waals surface area contributed by atoms with Crippen molar-refractivity contribution in [2.24, 2.45) is 0 Å². The molecule has 1 aliphatic rings. The zero-order valence-corrected chi connectivity index (χ0v) is 11.8. The van der Waals surface area contributed by atoms with Crippen LogP contribution in [0.3, 0.4) is 0 Å². The molecule has 0 atom stereocenters. The molecule has 0 bridgehead atoms. The minimum Gasteiger partial charge on any atom is -0.274 e. The van der Waals surface area contributed by atoms with E-state index in [1.165, 1.54) is 18.5 Å². The zero-order chi connectivity index (χ0) is 14.8. The van der Waals surface area contributed by atoms with E-state index in [1.54, 1.807) is 10.0 Å². The van der Waals surface area contributed by atoms with Crippen LogP contribution in [0.4, 0.5) is 15.8 Å². The van der Waals surface area contributed by atoms with Crippen molar-refractivity contribution < 1.29 is 9.18 Å². The van der Waals surface area contributed by atoms with Crippen LogP contribution in [0, 0.1) is 5.82 Å². The maximum absolute atomic E-state index is 14.1. The zero-order valence-electron chi connectivity index (χ0n) is 11.8. The number of benzene rings is 1. The first kappa shape index (κ1) is 13.5. The third-order valence-electron chi connectivity index (χ3n) is 3.50. The largest absolute Gasteiger partial charge is 0.274 e. The number of rotatable bonds is 4. The molecule has 0 unspecified atom stereocenters. The lowest BCUT2D eigenvalue weighted by Crippen LogP contribution is -2.46. The Kier molecular flexibility index (Phi) is 3.56. The number of hydrogen-bond acceptors (Lipinski definition) is 3. The molecule has 0 aliphatic carbocycles. The minimum atomic E-state index is -0.379. The lowest BCUT2D eigenvalue weighted by Gasteiger charge is -2.33. The average Bonchev–Trinajstić information content (AvgIpc) is 2.82. The summed E-state index contributed by atoms with van der Waals surface area (Å²) < 4.78 is 14.1. The molecule has 0 radical (unpaired) electrons. The summed E-state index contributed by atoms with van der Waals surface area (Å²) in [6.45, 7) is 2.54. The standard InChI is InChI=1S/C16H16FN3O/c1-2-9-19(15-11-18-8-7-13(15)17)20-14-6-4-3-5-12(14)10-16(20)21/h3-8,11H,2,9-10H2,1H3. The van der Waals surface area contributed by atoms with Crippen LogP contribution in [0.5, 0.6) is 0 Å². The van der Waals surface area contributed by atoms with E-state index in [0.717, 1.165) is 17.7 Å². The van der Waals surface area contributed by atoms with Crippen molar-refractivity contribution in [1.29, 1.82) is 0 Å². The van der Waals surface area contributed by atoms with Crippen molar-refractivity contribution in [2.45, 2.75) is 19.8 Å². The molecule has 2 heterocycles. The summed E-state index contributed by atoms with van der Waals surface area (Å²) in [7, 11) is 0. The topological polar surface area (TPSA) is 36.4 Å². The van der Waals surface area contributed by atoms with Gasteiger partial charge in [0, 0.05) is 12.7 Å². The molecule has 1 aromatic carbocycles. The molecule has 0 N–H and O–H groups in total. The molecule has 0 spiro atoms. The van der Waals surface area contributed by atoms with Gasteiger partial charge in [-0.1, -0.05) is 25.1 Å². The van der Waals surface area contributed by atoms with Crippen molar-refractivity contribution in [3.8, 4) is 0 Å². The van der Waals surface area contributed by atoms with Gasteiger partial charge in [-0.15, -0.1) is 0 Å². The van der Waals surface area contributed by atoms with E-state index in [-0.39, 0.29) is 11.7 Å². The molecule has 0 fully saturated rings. The predicted octanol–water partition coefficient (Wildman–Crippen LogP) is 2.94. The number of hydrazine groups is 1. The summed E-state index contributed by atoms with van der Waals surface area (Å²) in [5, 5.41) is 3.25. The van der Waals surface area contributed by atoms with E-state index in [1.807, 2.05) is 31.2 Å². The number of hydrogen-bond donors (Lipinski definition) is 0. The first-order chi connectivity index (χ1) is 10.2. The van der Waals surface area contributed by atoms with E-state index in [2.05, 4.69) is 4.98 Å². The van der Waals surface area contributed by atoms with Gasteiger partial charge >= 0.3 is 0 Å². The average molecular weight is 285 g/mol. The van der Waals surface area contributed by atoms with Crippen molar-refractivity contribution >= 4 is 17.3 Å². The fourth-order valence-electron chi connectivity index (χ4n) is 2.60. The van der Waals surface area contributed by atoms with Crippen LogP contribution in [0.25, 0.3) is 0 Å². The highest BCUT2D eigenvalue weighted by Gasteiger charge is 2.32. The summed E-state index contributed by atoms with van der Waals surface area (Å²) in [6.07, 6.45) is 4.00. The second-order valence-corrected chi connectivity index (χ2v) is 4.96. The van der Waals surface area contributed by atoms with Gasteiger partial charge in [0.2, 0.25) is 5.91 Å². The Morgan fingerprint density at radius 2 is 2.14 bits per heavy atom. The lowest BCUT2D eigenvalue weighted by molar-refractivity contribution is -0.117.